The fourth-order valence-corrected chi connectivity index (χ4v) is 3.14. The molecule has 22 heavy (non-hydrogen) atoms. The molecule has 1 saturated carbocycles. The number of hydrogen-bond donors (Lipinski definition) is 2. The average Bonchev–Trinajstić information content (AvgIpc) is 3.12. The molecule has 118 valence electrons. The summed E-state index contributed by atoms with van der Waals surface area (Å²) in [6, 6.07) is 5.46. The van der Waals surface area contributed by atoms with Gasteiger partial charge in [0.1, 0.15) is 12.1 Å². The summed E-state index contributed by atoms with van der Waals surface area (Å²) in [6.07, 6.45) is 3.03. The van der Waals surface area contributed by atoms with Crippen LogP contribution in [0.15, 0.2) is 22.6 Å². The van der Waals surface area contributed by atoms with E-state index < -0.39 is 0 Å². The molecule has 1 heterocycles. The second-order valence-corrected chi connectivity index (χ2v) is 5.75. The lowest BCUT2D eigenvalue weighted by Gasteiger charge is -2.17. The number of carbonyl (C=O) groups excluding carboxylic acids is 1. The largest absolute Gasteiger partial charge is 0.438 e. The Morgan fingerprint density at radius 3 is 3.14 bits per heavy atom. The highest BCUT2D eigenvalue weighted by molar-refractivity contribution is 5.94. The number of nitrogens with one attached hydrogen (secondary N) is 1. The number of ether oxygens (including phenoxy) is 1. The first-order valence-corrected chi connectivity index (χ1v) is 7.60. The van der Waals surface area contributed by atoms with Crippen LogP contribution in [0.4, 0.5) is 5.69 Å². The first kappa shape index (κ1) is 15.0. The minimum absolute atomic E-state index is 0.0158. The van der Waals surface area contributed by atoms with E-state index in [1.165, 1.54) is 0 Å². The fraction of sp³-hybridized carbons (Fsp3) is 0.500. The van der Waals surface area contributed by atoms with E-state index in [9.17, 15) is 4.79 Å². The number of carbonyl (C=O) groups is 1. The molecule has 0 unspecified atom stereocenters. The summed E-state index contributed by atoms with van der Waals surface area (Å²) in [5, 5.41) is 2.97. The maximum atomic E-state index is 12.4. The molecule has 0 saturated heterocycles. The highest BCUT2D eigenvalue weighted by atomic mass is 16.5. The number of rotatable bonds is 5. The van der Waals surface area contributed by atoms with Gasteiger partial charge in [-0.05, 0) is 43.5 Å². The van der Waals surface area contributed by atoms with E-state index in [-0.39, 0.29) is 11.8 Å². The summed E-state index contributed by atoms with van der Waals surface area (Å²) in [4.78, 5) is 16.7. The molecular formula is C16H21N3O3. The molecule has 6 nitrogen and oxygen atoms in total. The number of nitrogens with zero attached hydrogens (tertiary/aromatic N) is 1. The van der Waals surface area contributed by atoms with Crippen molar-refractivity contribution in [3.63, 3.8) is 0 Å². The monoisotopic (exact) mass is 303 g/mol. The van der Waals surface area contributed by atoms with Gasteiger partial charge in [0.05, 0.1) is 0 Å². The van der Waals surface area contributed by atoms with E-state index in [0.29, 0.717) is 36.1 Å². The Hall–Kier alpha value is -1.92. The summed E-state index contributed by atoms with van der Waals surface area (Å²) in [5.41, 5.74) is 7.88. The topological polar surface area (TPSA) is 90.4 Å². The second-order valence-electron chi connectivity index (χ2n) is 5.75. The summed E-state index contributed by atoms with van der Waals surface area (Å²) in [5.74, 6) is 0.888. The molecule has 6 heteroatoms. The van der Waals surface area contributed by atoms with Crippen molar-refractivity contribution in [1.82, 2.24) is 4.98 Å². The van der Waals surface area contributed by atoms with Gasteiger partial charge in [-0.3, -0.25) is 4.79 Å². The van der Waals surface area contributed by atoms with Crippen LogP contribution in [0.25, 0.3) is 11.1 Å². The van der Waals surface area contributed by atoms with Crippen LogP contribution in [-0.2, 0) is 16.1 Å². The molecule has 1 aromatic carbocycles. The third kappa shape index (κ3) is 2.98. The Kier molecular flexibility index (Phi) is 4.40. The van der Waals surface area contributed by atoms with Crippen molar-refractivity contribution < 1.29 is 13.9 Å². The third-order valence-corrected chi connectivity index (χ3v) is 4.27. The molecular weight excluding hydrogens is 282 g/mol. The van der Waals surface area contributed by atoms with Crippen molar-refractivity contribution in [1.29, 1.82) is 0 Å². The van der Waals surface area contributed by atoms with Crippen molar-refractivity contribution in [3.05, 3.63) is 24.1 Å². The van der Waals surface area contributed by atoms with Gasteiger partial charge in [-0.1, -0.05) is 6.42 Å². The Balaban J connectivity index is 1.74. The minimum Gasteiger partial charge on any atom is -0.438 e. The Labute approximate surface area is 129 Å². The van der Waals surface area contributed by atoms with Crippen molar-refractivity contribution in [2.24, 2.45) is 17.6 Å². The SMILES string of the molecule is COCc1nc2cc(NC(=O)[C@@H]3CCC[C@@H]3CN)ccc2o1. The third-order valence-electron chi connectivity index (χ3n) is 4.27. The summed E-state index contributed by atoms with van der Waals surface area (Å²) >= 11 is 0. The van der Waals surface area contributed by atoms with Gasteiger partial charge in [0.15, 0.2) is 5.58 Å². The molecule has 3 rings (SSSR count). The van der Waals surface area contributed by atoms with Crippen molar-refractivity contribution in [2.75, 3.05) is 19.0 Å². The normalized spacial score (nSPS) is 21.4. The smallest absolute Gasteiger partial charge is 0.227 e. The van der Waals surface area contributed by atoms with Crippen molar-refractivity contribution in [2.45, 2.75) is 25.9 Å². The zero-order valence-electron chi connectivity index (χ0n) is 12.7. The van der Waals surface area contributed by atoms with Crippen molar-refractivity contribution >= 4 is 22.7 Å². The maximum Gasteiger partial charge on any atom is 0.227 e. The Morgan fingerprint density at radius 1 is 1.50 bits per heavy atom. The number of methoxy groups -OCH3 is 1. The lowest BCUT2D eigenvalue weighted by molar-refractivity contribution is -0.120. The van der Waals surface area contributed by atoms with Crippen LogP contribution in [0.3, 0.4) is 0 Å². The van der Waals surface area contributed by atoms with E-state index in [4.69, 9.17) is 14.9 Å². The summed E-state index contributed by atoms with van der Waals surface area (Å²) in [7, 11) is 1.59. The summed E-state index contributed by atoms with van der Waals surface area (Å²) in [6.45, 7) is 0.900. The van der Waals surface area contributed by atoms with Crippen LogP contribution in [0, 0.1) is 11.8 Å². The molecule has 1 aliphatic carbocycles. The highest BCUT2D eigenvalue weighted by Gasteiger charge is 2.31. The van der Waals surface area contributed by atoms with Gasteiger partial charge in [-0.25, -0.2) is 4.98 Å². The number of fused-ring (bicyclic) bond motifs is 1. The fourth-order valence-electron chi connectivity index (χ4n) is 3.14. The van der Waals surface area contributed by atoms with Gasteiger partial charge in [0.2, 0.25) is 11.8 Å². The predicted octanol–water partition coefficient (Wildman–Crippen LogP) is 2.29. The molecule has 2 aromatic rings. The van der Waals surface area contributed by atoms with E-state index in [1.807, 2.05) is 18.2 Å². The maximum absolute atomic E-state index is 12.4. The molecule has 3 N–H and O–H groups in total. The van der Waals surface area contributed by atoms with Gasteiger partial charge in [-0.15, -0.1) is 0 Å². The highest BCUT2D eigenvalue weighted by Crippen LogP contribution is 2.32. The molecule has 0 aliphatic heterocycles. The number of amides is 1. The zero-order valence-corrected chi connectivity index (χ0v) is 12.7. The van der Waals surface area contributed by atoms with Crippen LogP contribution < -0.4 is 11.1 Å². The number of oxazole rings is 1. The molecule has 1 aliphatic rings. The lowest BCUT2D eigenvalue weighted by Crippen LogP contribution is -2.29. The van der Waals surface area contributed by atoms with Gasteiger partial charge < -0.3 is 20.2 Å². The molecule has 2 atom stereocenters. The van der Waals surface area contributed by atoms with Crippen LogP contribution in [-0.4, -0.2) is 24.5 Å². The molecule has 1 amide bonds. The van der Waals surface area contributed by atoms with Gasteiger partial charge in [0.25, 0.3) is 0 Å². The van der Waals surface area contributed by atoms with Crippen LogP contribution in [0.1, 0.15) is 25.2 Å². The number of hydrogen-bond acceptors (Lipinski definition) is 5. The second kappa shape index (κ2) is 6.46. The van der Waals surface area contributed by atoms with E-state index in [0.717, 1.165) is 24.9 Å². The minimum atomic E-state index is 0.0158. The Morgan fingerprint density at radius 2 is 2.36 bits per heavy atom. The molecule has 1 aromatic heterocycles. The average molecular weight is 303 g/mol. The number of aromatic nitrogens is 1. The lowest BCUT2D eigenvalue weighted by atomic mass is 9.95. The number of nitrogens with two attached hydrogens (primary N) is 1. The quantitative estimate of drug-likeness (QED) is 0.884. The number of anilines is 1. The molecule has 0 radical (unpaired) electrons. The Bertz CT molecular complexity index is 668. The van der Waals surface area contributed by atoms with Gasteiger partial charge in [0, 0.05) is 18.7 Å². The molecule has 1 fully saturated rings. The molecule has 0 spiro atoms. The predicted molar refractivity (Wildman–Crippen MR) is 83.2 cm³/mol. The van der Waals surface area contributed by atoms with Gasteiger partial charge in [-0.2, -0.15) is 0 Å². The first-order chi connectivity index (χ1) is 10.7. The van der Waals surface area contributed by atoms with E-state index in [2.05, 4.69) is 10.3 Å². The number of benzene rings is 1. The summed E-state index contributed by atoms with van der Waals surface area (Å²) < 4.78 is 10.5. The van der Waals surface area contributed by atoms with Crippen LogP contribution >= 0.6 is 0 Å². The van der Waals surface area contributed by atoms with E-state index >= 15 is 0 Å². The first-order valence-electron chi connectivity index (χ1n) is 7.60. The van der Waals surface area contributed by atoms with Crippen molar-refractivity contribution in [3.8, 4) is 0 Å². The standard InChI is InChI=1S/C16H21N3O3/c1-21-9-15-19-13-7-11(5-6-14(13)22-15)18-16(20)12-4-2-3-10(12)8-17/h5-7,10,12H,2-4,8-9,17H2,1H3,(H,18,20)/t10-,12-/m1/s1. The van der Waals surface area contributed by atoms with Gasteiger partial charge >= 0.3 is 0 Å². The zero-order chi connectivity index (χ0) is 15.5. The molecule has 0 bridgehead atoms. The van der Waals surface area contributed by atoms with Crippen LogP contribution in [0.5, 0.6) is 0 Å². The van der Waals surface area contributed by atoms with Crippen LogP contribution in [0.2, 0.25) is 0 Å². The van der Waals surface area contributed by atoms with E-state index in [1.54, 1.807) is 7.11 Å².